The number of nitrogens with one attached hydrogen (secondary N) is 1. The Labute approximate surface area is 105 Å². The maximum atomic E-state index is 4.72. The first kappa shape index (κ1) is 13.9. The summed E-state index contributed by atoms with van der Waals surface area (Å²) in [5, 5.41) is 4.68. The predicted molar refractivity (Wildman–Crippen MR) is 75.2 cm³/mol. The molecule has 16 heavy (non-hydrogen) atoms. The van der Waals surface area contributed by atoms with Gasteiger partial charge < -0.3 is 5.32 Å². The molecule has 3 heteroatoms. The van der Waals surface area contributed by atoms with Crippen LogP contribution in [0.4, 0.5) is 0 Å². The van der Waals surface area contributed by atoms with Crippen LogP contribution in [0.3, 0.4) is 0 Å². The minimum Gasteiger partial charge on any atom is -0.362 e. The molecule has 1 N–H and O–H groups in total. The zero-order chi connectivity index (χ0) is 12.2. The summed E-state index contributed by atoms with van der Waals surface area (Å²) in [6.07, 6.45) is 2.48. The Morgan fingerprint density at radius 2 is 2.19 bits per heavy atom. The van der Waals surface area contributed by atoms with Crippen LogP contribution in [-0.2, 0) is 0 Å². The number of rotatable bonds is 3. The summed E-state index contributed by atoms with van der Waals surface area (Å²) in [5.41, 5.74) is 0.355. The van der Waals surface area contributed by atoms with Crippen LogP contribution in [0.5, 0.6) is 0 Å². The topological polar surface area (TPSA) is 24.4 Å². The van der Waals surface area contributed by atoms with Crippen LogP contribution in [0.1, 0.15) is 47.5 Å². The van der Waals surface area contributed by atoms with E-state index in [4.69, 9.17) is 4.99 Å². The second kappa shape index (κ2) is 5.95. The number of aliphatic imine (C=N–C) groups is 1. The lowest BCUT2D eigenvalue weighted by atomic mass is 9.82. The van der Waals surface area contributed by atoms with Gasteiger partial charge in [-0.05, 0) is 24.2 Å². The van der Waals surface area contributed by atoms with Crippen molar-refractivity contribution in [3.63, 3.8) is 0 Å². The Kier molecular flexibility index (Phi) is 5.16. The van der Waals surface area contributed by atoms with Crippen molar-refractivity contribution in [3.05, 3.63) is 0 Å². The van der Waals surface area contributed by atoms with Crippen LogP contribution >= 0.6 is 11.8 Å². The summed E-state index contributed by atoms with van der Waals surface area (Å²) in [4.78, 5) is 4.72. The fraction of sp³-hybridized carbons (Fsp3) is 0.923. The van der Waals surface area contributed by atoms with Gasteiger partial charge in [0, 0.05) is 18.3 Å². The summed E-state index contributed by atoms with van der Waals surface area (Å²) in [6, 6.07) is 0.643. The molecule has 0 bridgehead atoms. The molecule has 2 nitrogen and oxygen atoms in total. The van der Waals surface area contributed by atoms with Crippen molar-refractivity contribution in [3.8, 4) is 0 Å². The smallest absolute Gasteiger partial charge is 0.156 e. The molecule has 2 unspecified atom stereocenters. The maximum Gasteiger partial charge on any atom is 0.156 e. The molecule has 0 saturated carbocycles. The highest BCUT2D eigenvalue weighted by atomic mass is 32.2. The molecule has 1 fully saturated rings. The van der Waals surface area contributed by atoms with E-state index in [2.05, 4.69) is 39.9 Å². The second-order valence-corrected chi connectivity index (χ2v) is 6.88. The highest BCUT2D eigenvalue weighted by molar-refractivity contribution is 8.13. The Balaban J connectivity index is 2.45. The first-order valence-electron chi connectivity index (χ1n) is 6.37. The van der Waals surface area contributed by atoms with Crippen LogP contribution in [0.2, 0.25) is 0 Å². The first-order valence-corrected chi connectivity index (χ1v) is 7.35. The zero-order valence-corrected chi connectivity index (χ0v) is 12.2. The summed E-state index contributed by atoms with van der Waals surface area (Å²) in [6.45, 7) is 12.3. The fourth-order valence-corrected chi connectivity index (χ4v) is 2.49. The van der Waals surface area contributed by atoms with Gasteiger partial charge in [0.15, 0.2) is 5.17 Å². The molecule has 1 heterocycles. The maximum absolute atomic E-state index is 4.72. The van der Waals surface area contributed by atoms with E-state index in [1.54, 1.807) is 0 Å². The van der Waals surface area contributed by atoms with Crippen molar-refractivity contribution < 1.29 is 0 Å². The van der Waals surface area contributed by atoms with Crippen LogP contribution in [0.25, 0.3) is 0 Å². The molecule has 0 radical (unpaired) electrons. The van der Waals surface area contributed by atoms with E-state index in [9.17, 15) is 0 Å². The van der Waals surface area contributed by atoms with Crippen LogP contribution < -0.4 is 5.32 Å². The van der Waals surface area contributed by atoms with Crippen LogP contribution in [0, 0.1) is 11.3 Å². The molecule has 94 valence electrons. The average Bonchev–Trinajstić information content (AvgIpc) is 2.25. The van der Waals surface area contributed by atoms with Gasteiger partial charge in [-0.3, -0.25) is 4.99 Å². The molecule has 0 aromatic rings. The third kappa shape index (κ3) is 4.36. The van der Waals surface area contributed by atoms with Crippen molar-refractivity contribution in [1.29, 1.82) is 0 Å². The fourth-order valence-electron chi connectivity index (χ4n) is 1.48. The van der Waals surface area contributed by atoms with Gasteiger partial charge in [-0.15, -0.1) is 0 Å². The standard InChI is InChI=1S/C13H26N2S/c1-6-11-7-8-16-12(15-11)14-9-10(2)13(3,4)5/h10-11H,6-9H2,1-5H3,(H,14,15). The van der Waals surface area contributed by atoms with Crippen LogP contribution in [0.15, 0.2) is 4.99 Å². The molecule has 0 amide bonds. The summed E-state index contributed by atoms with van der Waals surface area (Å²) in [7, 11) is 0. The second-order valence-electron chi connectivity index (χ2n) is 5.80. The number of hydrogen-bond acceptors (Lipinski definition) is 2. The van der Waals surface area contributed by atoms with E-state index in [0.29, 0.717) is 17.4 Å². The van der Waals surface area contributed by atoms with Gasteiger partial charge in [0.25, 0.3) is 0 Å². The van der Waals surface area contributed by atoms with Crippen molar-refractivity contribution in [2.24, 2.45) is 16.3 Å². The molecule has 1 rings (SSSR count). The Morgan fingerprint density at radius 3 is 2.75 bits per heavy atom. The molecule has 1 aliphatic heterocycles. The molecule has 0 aromatic carbocycles. The summed E-state index contributed by atoms with van der Waals surface area (Å²) < 4.78 is 0. The first-order chi connectivity index (χ1) is 7.43. The monoisotopic (exact) mass is 242 g/mol. The third-order valence-electron chi connectivity index (χ3n) is 3.51. The van der Waals surface area contributed by atoms with E-state index < -0.39 is 0 Å². The van der Waals surface area contributed by atoms with E-state index in [-0.39, 0.29) is 0 Å². The van der Waals surface area contributed by atoms with E-state index >= 15 is 0 Å². The van der Waals surface area contributed by atoms with Gasteiger partial charge in [-0.1, -0.05) is 46.4 Å². The molecule has 1 saturated heterocycles. The van der Waals surface area contributed by atoms with Crippen molar-refractivity contribution in [1.82, 2.24) is 5.32 Å². The van der Waals surface area contributed by atoms with Gasteiger partial charge in [0.2, 0.25) is 0 Å². The lowest BCUT2D eigenvalue weighted by Crippen LogP contribution is -2.37. The van der Waals surface area contributed by atoms with E-state index in [1.165, 1.54) is 18.6 Å². The molecular formula is C13H26N2S. The minimum absolute atomic E-state index is 0.355. The van der Waals surface area contributed by atoms with Gasteiger partial charge >= 0.3 is 0 Å². The Bertz CT molecular complexity index is 243. The predicted octanol–water partition coefficient (Wildman–Crippen LogP) is 3.53. The average molecular weight is 242 g/mol. The van der Waals surface area contributed by atoms with Gasteiger partial charge in [-0.25, -0.2) is 0 Å². The van der Waals surface area contributed by atoms with Gasteiger partial charge in [0.05, 0.1) is 0 Å². The summed E-state index contributed by atoms with van der Waals surface area (Å²) in [5.74, 6) is 1.85. The van der Waals surface area contributed by atoms with Crippen LogP contribution in [-0.4, -0.2) is 23.5 Å². The SMILES string of the molecule is CCC1CCSC(=NCC(C)C(C)(C)C)N1. The molecule has 0 aromatic heterocycles. The lowest BCUT2D eigenvalue weighted by molar-refractivity contribution is 0.269. The number of thioether (sulfide) groups is 1. The number of nitrogens with zero attached hydrogens (tertiary/aromatic N) is 1. The normalized spacial score (nSPS) is 26.6. The van der Waals surface area contributed by atoms with E-state index in [1.807, 2.05) is 11.8 Å². The minimum atomic E-state index is 0.355. The molecule has 1 aliphatic rings. The number of hydrogen-bond donors (Lipinski definition) is 1. The van der Waals surface area contributed by atoms with Gasteiger partial charge in [0.1, 0.15) is 0 Å². The molecule has 0 aliphatic carbocycles. The highest BCUT2D eigenvalue weighted by Crippen LogP contribution is 2.26. The molecule has 0 spiro atoms. The Hall–Kier alpha value is -0.180. The van der Waals surface area contributed by atoms with Crippen molar-refractivity contribution in [2.45, 2.75) is 53.5 Å². The van der Waals surface area contributed by atoms with Gasteiger partial charge in [-0.2, -0.15) is 0 Å². The largest absolute Gasteiger partial charge is 0.362 e. The number of amidine groups is 1. The van der Waals surface area contributed by atoms with Crippen molar-refractivity contribution >= 4 is 16.9 Å². The highest BCUT2D eigenvalue weighted by Gasteiger charge is 2.20. The van der Waals surface area contributed by atoms with Crippen molar-refractivity contribution in [2.75, 3.05) is 12.3 Å². The Morgan fingerprint density at radius 1 is 1.50 bits per heavy atom. The van der Waals surface area contributed by atoms with E-state index in [0.717, 1.165) is 11.7 Å². The lowest BCUT2D eigenvalue weighted by Gasteiger charge is -2.27. The molecule has 2 atom stereocenters. The quantitative estimate of drug-likeness (QED) is 0.819. The zero-order valence-electron chi connectivity index (χ0n) is 11.3. The summed E-state index contributed by atoms with van der Waals surface area (Å²) >= 11 is 1.87. The molecular weight excluding hydrogens is 216 g/mol. The third-order valence-corrected chi connectivity index (χ3v) is 4.47.